The number of pyridine rings is 1. The number of nitrogens with zero attached hydrogens (tertiary/aromatic N) is 3. The van der Waals surface area contributed by atoms with Gasteiger partial charge in [-0.25, -0.2) is 9.97 Å². The molecule has 3 N–H and O–H groups in total. The quantitative estimate of drug-likeness (QED) is 0.413. The number of rotatable bonds is 6. The Morgan fingerprint density at radius 1 is 1.14 bits per heavy atom. The molecule has 0 saturated carbocycles. The number of aromatic nitrogens is 3. The summed E-state index contributed by atoms with van der Waals surface area (Å²) < 4.78 is 38.7. The van der Waals surface area contributed by atoms with E-state index in [9.17, 15) is 18.3 Å². The fraction of sp³-hybridized carbons (Fsp3) is 0.158. The van der Waals surface area contributed by atoms with Gasteiger partial charge in [-0.1, -0.05) is 12.1 Å². The van der Waals surface area contributed by atoms with E-state index in [0.717, 1.165) is 27.5 Å². The van der Waals surface area contributed by atoms with Gasteiger partial charge in [-0.3, -0.25) is 9.72 Å². The Hall–Kier alpha value is -2.95. The normalized spacial score (nSPS) is 13.0. The minimum Gasteiger partial charge on any atom is -0.361 e. The molecule has 3 heterocycles. The zero-order chi connectivity index (χ0) is 20.4. The Morgan fingerprint density at radius 3 is 2.76 bits per heavy atom. The first-order chi connectivity index (χ1) is 13.9. The predicted octanol–water partition coefficient (Wildman–Crippen LogP) is 3.96. The number of aliphatic hydroxyl groups is 1. The van der Waals surface area contributed by atoms with E-state index in [4.69, 9.17) is 0 Å². The van der Waals surface area contributed by atoms with Crippen LogP contribution in [0.25, 0.3) is 27.5 Å². The average Bonchev–Trinajstić information content (AvgIpc) is 3.35. The number of anilines is 1. The molecule has 0 aliphatic rings. The highest BCUT2D eigenvalue weighted by molar-refractivity contribution is 7.13. The molecule has 0 fully saturated rings. The predicted molar refractivity (Wildman–Crippen MR) is 105 cm³/mol. The maximum absolute atomic E-state index is 12.3. The molecule has 0 aliphatic carbocycles. The van der Waals surface area contributed by atoms with E-state index in [1.807, 2.05) is 39.5 Å². The number of nitrogens with one attached hydrogen (secondary N) is 2. The molecular weight excluding hydrogens is 403 g/mol. The van der Waals surface area contributed by atoms with Crippen LogP contribution >= 0.6 is 11.3 Å². The molecule has 10 heteroatoms. The molecule has 4 rings (SSSR count). The van der Waals surface area contributed by atoms with Gasteiger partial charge in [0.25, 0.3) is 0 Å². The summed E-state index contributed by atoms with van der Waals surface area (Å²) in [5.41, 5.74) is 3.80. The fourth-order valence-corrected chi connectivity index (χ4v) is 3.52. The number of imidazole rings is 1. The van der Waals surface area contributed by atoms with Crippen molar-refractivity contribution in [3.05, 3.63) is 60.4 Å². The molecule has 0 bridgehead atoms. The molecule has 1 aromatic carbocycles. The molecule has 0 radical (unpaired) electrons. The number of fused-ring (bicyclic) bond motifs is 1. The topological polar surface area (TPSA) is 74.5 Å². The van der Waals surface area contributed by atoms with Crippen LogP contribution in [-0.4, -0.2) is 38.5 Å². The minimum atomic E-state index is -4.40. The summed E-state index contributed by atoms with van der Waals surface area (Å²) >= 11 is 1.54. The van der Waals surface area contributed by atoms with E-state index in [1.165, 1.54) is 0 Å². The van der Waals surface area contributed by atoms with Crippen LogP contribution in [0.2, 0.25) is 0 Å². The van der Waals surface area contributed by atoms with Crippen molar-refractivity contribution in [3.63, 3.8) is 0 Å². The third kappa shape index (κ3) is 4.56. The number of thiazole rings is 1. The molecule has 150 valence electrons. The number of hydrogen-bond acceptors (Lipinski definition) is 6. The van der Waals surface area contributed by atoms with Gasteiger partial charge in [-0.15, -0.1) is 11.3 Å². The lowest BCUT2D eigenvalue weighted by Crippen LogP contribution is -2.41. The Kier molecular flexibility index (Phi) is 5.22. The number of benzene rings is 1. The van der Waals surface area contributed by atoms with Crippen molar-refractivity contribution in [3.8, 4) is 21.8 Å². The molecule has 1 unspecified atom stereocenters. The summed E-state index contributed by atoms with van der Waals surface area (Å²) in [4.78, 5) is 8.75. The smallest absolute Gasteiger partial charge is 0.361 e. The number of alkyl halides is 3. The largest absolute Gasteiger partial charge is 0.401 e. The van der Waals surface area contributed by atoms with Crippen LogP contribution in [0.3, 0.4) is 0 Å². The second-order valence-electron chi connectivity index (χ2n) is 6.25. The monoisotopic (exact) mass is 419 g/mol. The van der Waals surface area contributed by atoms with Gasteiger partial charge in [0, 0.05) is 34.6 Å². The molecule has 0 amide bonds. The van der Waals surface area contributed by atoms with Crippen LogP contribution in [0.15, 0.2) is 60.4 Å². The summed E-state index contributed by atoms with van der Waals surface area (Å²) in [5, 5.41) is 17.1. The standard InChI is InChI=1S/C19H16F3N5OS/c20-19(21,22)11-25-18(28)26-14-3-1-2-12(8-14)15-10-24-16-9-13(4-6-27(15)16)17-23-5-7-29-17/h1-10,18,25-26,28H,11H2. The van der Waals surface area contributed by atoms with Crippen LogP contribution in [0.4, 0.5) is 18.9 Å². The molecule has 4 aromatic rings. The summed E-state index contributed by atoms with van der Waals surface area (Å²) in [5.74, 6) is 0. The van der Waals surface area contributed by atoms with E-state index < -0.39 is 19.1 Å². The zero-order valence-electron chi connectivity index (χ0n) is 14.9. The first kappa shape index (κ1) is 19.4. The van der Waals surface area contributed by atoms with E-state index >= 15 is 0 Å². The second-order valence-corrected chi connectivity index (χ2v) is 7.14. The van der Waals surface area contributed by atoms with Crippen molar-refractivity contribution in [1.82, 2.24) is 19.7 Å². The summed E-state index contributed by atoms with van der Waals surface area (Å²) in [6.45, 7) is -1.30. The summed E-state index contributed by atoms with van der Waals surface area (Å²) in [6, 6.07) is 10.9. The van der Waals surface area contributed by atoms with Gasteiger partial charge in [0.1, 0.15) is 10.7 Å². The highest BCUT2D eigenvalue weighted by Gasteiger charge is 2.27. The fourth-order valence-electron chi connectivity index (χ4n) is 2.88. The van der Waals surface area contributed by atoms with E-state index in [-0.39, 0.29) is 0 Å². The maximum Gasteiger partial charge on any atom is 0.401 e. The van der Waals surface area contributed by atoms with E-state index in [2.05, 4.69) is 15.3 Å². The summed E-state index contributed by atoms with van der Waals surface area (Å²) in [6.07, 6.45) is -0.571. The van der Waals surface area contributed by atoms with Crippen LogP contribution < -0.4 is 10.6 Å². The Balaban J connectivity index is 1.56. The van der Waals surface area contributed by atoms with Gasteiger partial charge in [-0.2, -0.15) is 13.2 Å². The SMILES string of the molecule is OC(NCC(F)(F)F)Nc1cccc(-c2cnc3cc(-c4nccs4)ccn23)c1. The Bertz CT molecular complexity index is 1110. The highest BCUT2D eigenvalue weighted by Crippen LogP contribution is 2.27. The Morgan fingerprint density at radius 2 is 2.00 bits per heavy atom. The molecule has 29 heavy (non-hydrogen) atoms. The van der Waals surface area contributed by atoms with Gasteiger partial charge in [0.05, 0.1) is 18.4 Å². The van der Waals surface area contributed by atoms with Crippen molar-refractivity contribution in [1.29, 1.82) is 0 Å². The highest BCUT2D eigenvalue weighted by atomic mass is 32.1. The van der Waals surface area contributed by atoms with Gasteiger partial charge >= 0.3 is 6.18 Å². The van der Waals surface area contributed by atoms with Crippen LogP contribution in [0, 0.1) is 0 Å². The third-order valence-corrected chi connectivity index (χ3v) is 4.97. The molecule has 0 aliphatic heterocycles. The third-order valence-electron chi connectivity index (χ3n) is 4.15. The van der Waals surface area contributed by atoms with Crippen LogP contribution in [0.1, 0.15) is 0 Å². The zero-order valence-corrected chi connectivity index (χ0v) is 15.7. The lowest BCUT2D eigenvalue weighted by atomic mass is 10.1. The first-order valence-electron chi connectivity index (χ1n) is 8.61. The average molecular weight is 419 g/mol. The van der Waals surface area contributed by atoms with Crippen molar-refractivity contribution < 1.29 is 18.3 Å². The lowest BCUT2D eigenvalue weighted by Gasteiger charge is -2.17. The van der Waals surface area contributed by atoms with Gasteiger partial charge in [0.2, 0.25) is 0 Å². The second kappa shape index (κ2) is 7.82. The van der Waals surface area contributed by atoms with Crippen molar-refractivity contribution in [2.45, 2.75) is 12.5 Å². The Labute approximate surface area is 167 Å². The lowest BCUT2D eigenvalue weighted by molar-refractivity contribution is -0.130. The van der Waals surface area contributed by atoms with Crippen LogP contribution in [-0.2, 0) is 0 Å². The van der Waals surface area contributed by atoms with Gasteiger partial charge in [-0.05, 0) is 24.3 Å². The minimum absolute atomic E-state index is 0.471. The van der Waals surface area contributed by atoms with Crippen molar-refractivity contribution in [2.24, 2.45) is 0 Å². The maximum atomic E-state index is 12.3. The number of hydrogen-bond donors (Lipinski definition) is 3. The first-order valence-corrected chi connectivity index (χ1v) is 9.49. The molecule has 6 nitrogen and oxygen atoms in total. The molecule has 0 spiro atoms. The van der Waals surface area contributed by atoms with Crippen molar-refractivity contribution >= 4 is 22.7 Å². The van der Waals surface area contributed by atoms with Crippen LogP contribution in [0.5, 0.6) is 0 Å². The molecule has 1 atom stereocenters. The van der Waals surface area contributed by atoms with E-state index in [0.29, 0.717) is 5.69 Å². The summed E-state index contributed by atoms with van der Waals surface area (Å²) in [7, 11) is 0. The number of aliphatic hydroxyl groups excluding tert-OH is 1. The van der Waals surface area contributed by atoms with E-state index in [1.54, 1.807) is 41.9 Å². The van der Waals surface area contributed by atoms with Gasteiger partial charge < -0.3 is 10.4 Å². The van der Waals surface area contributed by atoms with Gasteiger partial charge in [0.15, 0.2) is 6.35 Å². The number of halogens is 3. The van der Waals surface area contributed by atoms with Crippen molar-refractivity contribution in [2.75, 3.05) is 11.9 Å². The molecule has 0 saturated heterocycles. The molecule has 3 aromatic heterocycles. The molecular formula is C19H16F3N5OS.